The lowest BCUT2D eigenvalue weighted by Gasteiger charge is -2.06. The lowest BCUT2D eigenvalue weighted by atomic mass is 10.2. The third-order valence-corrected chi connectivity index (χ3v) is 3.86. The van der Waals surface area contributed by atoms with Crippen molar-refractivity contribution in [2.75, 3.05) is 0 Å². The molecule has 3 aromatic rings. The first-order chi connectivity index (χ1) is 13.9. The highest BCUT2D eigenvalue weighted by Crippen LogP contribution is 2.24. The fourth-order valence-corrected chi connectivity index (χ4v) is 2.34. The Bertz CT molecular complexity index is 1080. The van der Waals surface area contributed by atoms with Crippen LogP contribution < -0.4 is 10.2 Å². The summed E-state index contributed by atoms with van der Waals surface area (Å²) in [6.07, 6.45) is 2.44. The van der Waals surface area contributed by atoms with Crippen LogP contribution in [0.2, 0.25) is 5.02 Å². The third kappa shape index (κ3) is 5.05. The summed E-state index contributed by atoms with van der Waals surface area (Å²) in [6, 6.07) is 12.6. The van der Waals surface area contributed by atoms with Gasteiger partial charge >= 0.3 is 5.97 Å². The van der Waals surface area contributed by atoms with E-state index in [-0.39, 0.29) is 22.8 Å². The van der Waals surface area contributed by atoms with Gasteiger partial charge in [0.1, 0.15) is 5.75 Å². The van der Waals surface area contributed by atoms with Crippen molar-refractivity contribution < 1.29 is 23.7 Å². The molecule has 2 aromatic carbocycles. The summed E-state index contributed by atoms with van der Waals surface area (Å²) >= 11 is 5.77. The van der Waals surface area contributed by atoms with Crippen molar-refractivity contribution in [2.24, 2.45) is 5.10 Å². The standard InChI is InChI=1S/C19H12ClN3O6/c20-14-5-3-12(4-6-14)18(24)22-21-11-13-10-15(23(26)27)7-8-16(13)29-19(25)17-2-1-9-28-17/h1-11H,(H,22,24)/b21-11+. The summed E-state index contributed by atoms with van der Waals surface area (Å²) in [5.41, 5.74) is 2.46. The van der Waals surface area contributed by atoms with Gasteiger partial charge in [-0.15, -0.1) is 0 Å². The lowest BCUT2D eigenvalue weighted by molar-refractivity contribution is -0.384. The summed E-state index contributed by atoms with van der Waals surface area (Å²) in [5, 5.41) is 15.3. The number of carbonyl (C=O) groups is 2. The molecule has 0 aliphatic heterocycles. The van der Waals surface area contributed by atoms with Crippen LogP contribution >= 0.6 is 11.6 Å². The van der Waals surface area contributed by atoms with Gasteiger partial charge in [-0.05, 0) is 42.5 Å². The van der Waals surface area contributed by atoms with Gasteiger partial charge in [-0.3, -0.25) is 14.9 Å². The number of nitro benzene ring substituents is 1. The molecular formula is C19H12ClN3O6. The molecule has 3 rings (SSSR count). The van der Waals surface area contributed by atoms with Gasteiger partial charge < -0.3 is 9.15 Å². The van der Waals surface area contributed by atoms with Crippen LogP contribution in [0.5, 0.6) is 5.75 Å². The Hall–Kier alpha value is -3.98. The molecule has 0 saturated heterocycles. The number of nitro groups is 1. The number of hydrazone groups is 1. The minimum absolute atomic E-state index is 0.00138. The molecule has 1 aromatic heterocycles. The molecule has 9 nitrogen and oxygen atoms in total. The average molecular weight is 414 g/mol. The zero-order valence-corrected chi connectivity index (χ0v) is 15.3. The first kappa shape index (κ1) is 19.8. The van der Waals surface area contributed by atoms with Crippen molar-refractivity contribution >= 4 is 35.4 Å². The predicted octanol–water partition coefficient (Wildman–Crippen LogP) is 3.82. The maximum absolute atomic E-state index is 12.1. The Kier molecular flexibility index (Phi) is 6.00. The van der Waals surface area contributed by atoms with E-state index >= 15 is 0 Å². The van der Waals surface area contributed by atoms with E-state index in [0.717, 1.165) is 12.3 Å². The Morgan fingerprint density at radius 2 is 1.93 bits per heavy atom. The zero-order valence-electron chi connectivity index (χ0n) is 14.6. The van der Waals surface area contributed by atoms with E-state index in [2.05, 4.69) is 10.5 Å². The molecule has 0 fully saturated rings. The SMILES string of the molecule is O=C(N/N=C/c1cc([N+](=O)[O-])ccc1OC(=O)c1ccco1)c1ccc(Cl)cc1. The molecule has 146 valence electrons. The van der Waals surface area contributed by atoms with Crippen LogP contribution in [0.4, 0.5) is 5.69 Å². The number of hydrogen-bond acceptors (Lipinski definition) is 7. The smallest absolute Gasteiger partial charge is 0.379 e. The molecule has 0 radical (unpaired) electrons. The third-order valence-electron chi connectivity index (χ3n) is 3.61. The number of hydrogen-bond donors (Lipinski definition) is 1. The number of amides is 1. The Morgan fingerprint density at radius 3 is 2.59 bits per heavy atom. The van der Waals surface area contributed by atoms with Gasteiger partial charge in [-0.25, -0.2) is 10.2 Å². The second kappa shape index (κ2) is 8.81. The highest BCUT2D eigenvalue weighted by molar-refractivity contribution is 6.30. The van der Waals surface area contributed by atoms with E-state index in [4.69, 9.17) is 20.8 Å². The summed E-state index contributed by atoms with van der Waals surface area (Å²) in [6.45, 7) is 0. The number of furan rings is 1. The molecule has 1 heterocycles. The van der Waals surface area contributed by atoms with Gasteiger partial charge in [-0.1, -0.05) is 11.6 Å². The number of esters is 1. The van der Waals surface area contributed by atoms with E-state index in [9.17, 15) is 19.7 Å². The van der Waals surface area contributed by atoms with Crippen LogP contribution in [0, 0.1) is 10.1 Å². The van der Waals surface area contributed by atoms with Crippen LogP contribution in [0.25, 0.3) is 0 Å². The number of non-ortho nitro benzene ring substituents is 1. The quantitative estimate of drug-likeness (QED) is 0.215. The summed E-state index contributed by atoms with van der Waals surface area (Å²) in [7, 11) is 0. The minimum Gasteiger partial charge on any atom is -0.457 e. The Morgan fingerprint density at radius 1 is 1.17 bits per heavy atom. The minimum atomic E-state index is -0.788. The summed E-state index contributed by atoms with van der Waals surface area (Å²) in [5.74, 6) is -1.34. The van der Waals surface area contributed by atoms with E-state index in [1.54, 1.807) is 12.1 Å². The number of halogens is 1. The summed E-state index contributed by atoms with van der Waals surface area (Å²) in [4.78, 5) is 34.5. The second-order valence-electron chi connectivity index (χ2n) is 5.55. The highest BCUT2D eigenvalue weighted by Gasteiger charge is 2.16. The van der Waals surface area contributed by atoms with Crippen LogP contribution in [-0.4, -0.2) is 23.0 Å². The first-order valence-electron chi connectivity index (χ1n) is 8.07. The van der Waals surface area contributed by atoms with E-state index < -0.39 is 16.8 Å². The van der Waals surface area contributed by atoms with Crippen molar-refractivity contribution in [3.63, 3.8) is 0 Å². The molecule has 0 unspecified atom stereocenters. The molecule has 0 atom stereocenters. The van der Waals surface area contributed by atoms with Gasteiger partial charge in [0.25, 0.3) is 11.6 Å². The van der Waals surface area contributed by atoms with Crippen molar-refractivity contribution in [3.8, 4) is 5.75 Å². The number of nitrogens with one attached hydrogen (secondary N) is 1. The van der Waals surface area contributed by atoms with Crippen LogP contribution in [0.3, 0.4) is 0 Å². The van der Waals surface area contributed by atoms with Crippen molar-refractivity contribution in [1.29, 1.82) is 0 Å². The fourth-order valence-electron chi connectivity index (χ4n) is 2.21. The molecule has 0 bridgehead atoms. The second-order valence-corrected chi connectivity index (χ2v) is 5.99. The van der Waals surface area contributed by atoms with Crippen molar-refractivity contribution in [3.05, 3.63) is 92.9 Å². The molecule has 1 amide bonds. The normalized spacial score (nSPS) is 10.7. The van der Waals surface area contributed by atoms with Crippen LogP contribution in [-0.2, 0) is 0 Å². The van der Waals surface area contributed by atoms with Gasteiger partial charge in [-0.2, -0.15) is 5.10 Å². The van der Waals surface area contributed by atoms with Crippen molar-refractivity contribution in [2.45, 2.75) is 0 Å². The maximum Gasteiger partial charge on any atom is 0.379 e. The molecule has 29 heavy (non-hydrogen) atoms. The molecular weight excluding hydrogens is 402 g/mol. The predicted molar refractivity (Wildman–Crippen MR) is 103 cm³/mol. The van der Waals surface area contributed by atoms with Gasteiger partial charge in [0.05, 0.1) is 17.4 Å². The zero-order chi connectivity index (χ0) is 20.8. The number of ether oxygens (including phenoxy) is 1. The Labute approximate surface area is 168 Å². The number of carbonyl (C=O) groups excluding carboxylic acids is 2. The molecule has 0 saturated carbocycles. The topological polar surface area (TPSA) is 124 Å². The molecule has 0 aliphatic carbocycles. The van der Waals surface area contributed by atoms with Crippen molar-refractivity contribution in [1.82, 2.24) is 5.43 Å². The van der Waals surface area contributed by atoms with Gasteiger partial charge in [0.15, 0.2) is 0 Å². The van der Waals surface area contributed by atoms with E-state index in [1.165, 1.54) is 42.7 Å². The number of nitrogens with zero attached hydrogens (tertiary/aromatic N) is 2. The van der Waals surface area contributed by atoms with Crippen LogP contribution in [0.15, 0.2) is 70.4 Å². The van der Waals surface area contributed by atoms with E-state index in [0.29, 0.717) is 10.6 Å². The van der Waals surface area contributed by atoms with Gasteiger partial charge in [0.2, 0.25) is 5.76 Å². The highest BCUT2D eigenvalue weighted by atomic mass is 35.5. The molecule has 0 spiro atoms. The molecule has 10 heteroatoms. The van der Waals surface area contributed by atoms with E-state index in [1.807, 2.05) is 0 Å². The number of rotatable bonds is 6. The average Bonchev–Trinajstić information content (AvgIpc) is 3.24. The van der Waals surface area contributed by atoms with Crippen LogP contribution in [0.1, 0.15) is 26.5 Å². The van der Waals surface area contributed by atoms with Gasteiger partial charge in [0, 0.05) is 28.3 Å². The largest absolute Gasteiger partial charge is 0.457 e. The fraction of sp³-hybridized carbons (Fsp3) is 0. The molecule has 1 N–H and O–H groups in total. The lowest BCUT2D eigenvalue weighted by Crippen LogP contribution is -2.17. The Balaban J connectivity index is 1.79. The number of benzene rings is 2. The summed E-state index contributed by atoms with van der Waals surface area (Å²) < 4.78 is 10.2. The monoisotopic (exact) mass is 413 g/mol. The molecule has 0 aliphatic rings. The maximum atomic E-state index is 12.1. The first-order valence-corrected chi connectivity index (χ1v) is 8.45.